The number of hydrogen-bond acceptors (Lipinski definition) is 3. The average molecular weight is 336 g/mol. The van der Waals surface area contributed by atoms with Crippen molar-refractivity contribution in [3.63, 3.8) is 0 Å². The third-order valence-electron chi connectivity index (χ3n) is 3.86. The second kappa shape index (κ2) is 8.15. The summed E-state index contributed by atoms with van der Waals surface area (Å²) in [6.07, 6.45) is 4.70. The number of benzene rings is 2. The van der Waals surface area contributed by atoms with Gasteiger partial charge in [-0.05, 0) is 35.2 Å². The number of carbonyl (C=O) groups is 2. The molecule has 0 aliphatic carbocycles. The van der Waals surface area contributed by atoms with Crippen molar-refractivity contribution in [2.45, 2.75) is 19.4 Å². The molecule has 5 nitrogen and oxygen atoms in total. The van der Waals surface area contributed by atoms with Gasteiger partial charge in [0.1, 0.15) is 6.61 Å². The largest absolute Gasteiger partial charge is 0.445 e. The standard InChI is InChI=1S/C20H20N2O3/c23-19-13-17-12-15(9-10-18(17)22-19)6-4-5-11-21-20(24)25-14-16-7-2-1-3-8-16/h1-4,6-10,12H,5,11,13-14H2,(H,21,24)(H,22,23). The molecular weight excluding hydrogens is 316 g/mol. The van der Waals surface area contributed by atoms with E-state index in [1.807, 2.05) is 60.7 Å². The molecule has 0 aromatic heterocycles. The Morgan fingerprint density at radius 3 is 2.88 bits per heavy atom. The molecular formula is C20H20N2O3. The number of amides is 2. The molecule has 0 fully saturated rings. The van der Waals surface area contributed by atoms with Crippen molar-refractivity contribution in [2.24, 2.45) is 0 Å². The highest BCUT2D eigenvalue weighted by atomic mass is 16.5. The first-order chi connectivity index (χ1) is 12.2. The van der Waals surface area contributed by atoms with Gasteiger partial charge >= 0.3 is 6.09 Å². The molecule has 2 amide bonds. The van der Waals surface area contributed by atoms with Crippen LogP contribution >= 0.6 is 0 Å². The van der Waals surface area contributed by atoms with Gasteiger partial charge in [-0.1, -0.05) is 48.6 Å². The summed E-state index contributed by atoms with van der Waals surface area (Å²) < 4.78 is 5.14. The molecule has 3 rings (SSSR count). The molecule has 2 N–H and O–H groups in total. The van der Waals surface area contributed by atoms with Gasteiger partial charge in [0, 0.05) is 12.2 Å². The van der Waals surface area contributed by atoms with E-state index in [4.69, 9.17) is 4.74 Å². The monoisotopic (exact) mass is 336 g/mol. The van der Waals surface area contributed by atoms with Crippen molar-refractivity contribution < 1.29 is 14.3 Å². The number of ether oxygens (including phenoxy) is 1. The molecule has 0 unspecified atom stereocenters. The molecule has 1 aliphatic heterocycles. The molecule has 1 heterocycles. The van der Waals surface area contributed by atoms with Crippen LogP contribution in [0.1, 0.15) is 23.1 Å². The van der Waals surface area contributed by atoms with Crippen LogP contribution in [0.3, 0.4) is 0 Å². The van der Waals surface area contributed by atoms with E-state index in [0.29, 0.717) is 19.4 Å². The van der Waals surface area contributed by atoms with Gasteiger partial charge in [0.15, 0.2) is 0 Å². The maximum atomic E-state index is 11.6. The van der Waals surface area contributed by atoms with Crippen LogP contribution in [0, 0.1) is 0 Å². The first-order valence-corrected chi connectivity index (χ1v) is 8.24. The third-order valence-corrected chi connectivity index (χ3v) is 3.86. The SMILES string of the molecule is O=C1Cc2cc(C=CCCNC(=O)OCc3ccccc3)ccc2N1. The summed E-state index contributed by atoms with van der Waals surface area (Å²) in [5, 5.41) is 5.53. The van der Waals surface area contributed by atoms with Crippen LogP contribution in [0.5, 0.6) is 0 Å². The van der Waals surface area contributed by atoms with Gasteiger partial charge in [-0.3, -0.25) is 4.79 Å². The van der Waals surface area contributed by atoms with E-state index in [2.05, 4.69) is 10.6 Å². The molecule has 0 spiro atoms. The lowest BCUT2D eigenvalue weighted by molar-refractivity contribution is -0.115. The number of anilines is 1. The van der Waals surface area contributed by atoms with Gasteiger partial charge in [-0.2, -0.15) is 0 Å². The van der Waals surface area contributed by atoms with Crippen LogP contribution in [0.15, 0.2) is 54.6 Å². The van der Waals surface area contributed by atoms with E-state index in [0.717, 1.165) is 22.4 Å². The van der Waals surface area contributed by atoms with E-state index in [-0.39, 0.29) is 12.5 Å². The zero-order valence-electron chi connectivity index (χ0n) is 13.8. The Hall–Kier alpha value is -3.08. The number of alkyl carbamates (subject to hydrolysis) is 1. The lowest BCUT2D eigenvalue weighted by Crippen LogP contribution is -2.24. The summed E-state index contributed by atoms with van der Waals surface area (Å²) in [5.41, 5.74) is 3.92. The Morgan fingerprint density at radius 2 is 2.04 bits per heavy atom. The van der Waals surface area contributed by atoms with Crippen molar-refractivity contribution >= 4 is 23.8 Å². The molecule has 0 saturated carbocycles. The predicted octanol–water partition coefficient (Wildman–Crippen LogP) is 3.51. The summed E-state index contributed by atoms with van der Waals surface area (Å²) in [7, 11) is 0. The maximum absolute atomic E-state index is 11.6. The third kappa shape index (κ3) is 4.94. The lowest BCUT2D eigenvalue weighted by atomic mass is 10.1. The van der Waals surface area contributed by atoms with E-state index in [1.54, 1.807) is 0 Å². The summed E-state index contributed by atoms with van der Waals surface area (Å²) >= 11 is 0. The zero-order chi connectivity index (χ0) is 17.5. The summed E-state index contributed by atoms with van der Waals surface area (Å²) in [6, 6.07) is 15.4. The van der Waals surface area contributed by atoms with Crippen molar-refractivity contribution in [2.75, 3.05) is 11.9 Å². The van der Waals surface area contributed by atoms with Crippen LogP contribution in [-0.4, -0.2) is 18.5 Å². The van der Waals surface area contributed by atoms with E-state index >= 15 is 0 Å². The van der Waals surface area contributed by atoms with Crippen LogP contribution in [0.4, 0.5) is 10.5 Å². The number of carbonyl (C=O) groups excluding carboxylic acids is 2. The van der Waals surface area contributed by atoms with E-state index in [1.165, 1.54) is 0 Å². The van der Waals surface area contributed by atoms with Crippen LogP contribution in [0.25, 0.3) is 6.08 Å². The van der Waals surface area contributed by atoms with Gasteiger partial charge in [-0.25, -0.2) is 4.79 Å². The maximum Gasteiger partial charge on any atom is 0.407 e. The van der Waals surface area contributed by atoms with Gasteiger partial charge in [0.05, 0.1) is 6.42 Å². The second-order valence-electron chi connectivity index (χ2n) is 5.82. The Kier molecular flexibility index (Phi) is 5.46. The van der Waals surface area contributed by atoms with Crippen molar-refractivity contribution in [1.29, 1.82) is 0 Å². The normalized spacial score (nSPS) is 12.7. The molecule has 0 atom stereocenters. The van der Waals surface area contributed by atoms with E-state index < -0.39 is 6.09 Å². The van der Waals surface area contributed by atoms with Gasteiger partial charge in [0.2, 0.25) is 5.91 Å². The van der Waals surface area contributed by atoms with E-state index in [9.17, 15) is 9.59 Å². The smallest absolute Gasteiger partial charge is 0.407 e. The van der Waals surface area contributed by atoms with Crippen LogP contribution in [0.2, 0.25) is 0 Å². The molecule has 0 radical (unpaired) electrons. The minimum atomic E-state index is -0.417. The first kappa shape index (κ1) is 16.8. The zero-order valence-corrected chi connectivity index (χ0v) is 13.8. The molecule has 2 aromatic rings. The molecule has 0 bridgehead atoms. The number of rotatable bonds is 6. The average Bonchev–Trinajstić information content (AvgIpc) is 3.00. The molecule has 2 aromatic carbocycles. The van der Waals surface area contributed by atoms with Gasteiger partial charge in [0.25, 0.3) is 0 Å². The molecule has 25 heavy (non-hydrogen) atoms. The quantitative estimate of drug-likeness (QED) is 0.793. The predicted molar refractivity (Wildman–Crippen MR) is 97.1 cm³/mol. The second-order valence-corrected chi connectivity index (χ2v) is 5.82. The Morgan fingerprint density at radius 1 is 1.20 bits per heavy atom. The Balaban J connectivity index is 1.37. The highest BCUT2D eigenvalue weighted by Crippen LogP contribution is 2.24. The van der Waals surface area contributed by atoms with Crippen molar-refractivity contribution in [1.82, 2.24) is 5.32 Å². The molecule has 1 aliphatic rings. The highest BCUT2D eigenvalue weighted by molar-refractivity contribution is 5.99. The van der Waals surface area contributed by atoms with Crippen molar-refractivity contribution in [3.8, 4) is 0 Å². The van der Waals surface area contributed by atoms with Crippen LogP contribution in [-0.2, 0) is 22.6 Å². The molecule has 0 saturated heterocycles. The minimum Gasteiger partial charge on any atom is -0.445 e. The topological polar surface area (TPSA) is 67.4 Å². The fourth-order valence-corrected chi connectivity index (χ4v) is 2.60. The van der Waals surface area contributed by atoms with Gasteiger partial charge < -0.3 is 15.4 Å². The summed E-state index contributed by atoms with van der Waals surface area (Å²) in [4.78, 5) is 22.9. The minimum absolute atomic E-state index is 0.0364. The number of fused-ring (bicyclic) bond motifs is 1. The summed E-state index contributed by atoms with van der Waals surface area (Å²) in [6.45, 7) is 0.777. The lowest BCUT2D eigenvalue weighted by Gasteiger charge is -2.06. The Bertz CT molecular complexity index is 785. The fourth-order valence-electron chi connectivity index (χ4n) is 2.60. The van der Waals surface area contributed by atoms with Crippen LogP contribution < -0.4 is 10.6 Å². The summed E-state index contributed by atoms with van der Waals surface area (Å²) in [5.74, 6) is 0.0364. The number of nitrogens with one attached hydrogen (secondary N) is 2. The molecule has 5 heteroatoms. The number of hydrogen-bond donors (Lipinski definition) is 2. The van der Waals surface area contributed by atoms with Gasteiger partial charge in [-0.15, -0.1) is 0 Å². The fraction of sp³-hybridized carbons (Fsp3) is 0.200. The molecule has 128 valence electrons. The Labute approximate surface area is 146 Å². The van der Waals surface area contributed by atoms with Crippen molar-refractivity contribution in [3.05, 3.63) is 71.3 Å². The highest BCUT2D eigenvalue weighted by Gasteiger charge is 2.16. The first-order valence-electron chi connectivity index (χ1n) is 8.24.